The van der Waals surface area contributed by atoms with Crippen molar-refractivity contribution in [2.24, 2.45) is 11.1 Å². The molecule has 0 unspecified atom stereocenters. The van der Waals surface area contributed by atoms with Crippen LogP contribution in [-0.4, -0.2) is 42.6 Å². The van der Waals surface area contributed by atoms with Crippen molar-refractivity contribution in [3.8, 4) is 5.75 Å². The summed E-state index contributed by atoms with van der Waals surface area (Å²) < 4.78 is 25.6. The van der Waals surface area contributed by atoms with E-state index in [2.05, 4.69) is 0 Å². The van der Waals surface area contributed by atoms with E-state index < -0.39 is 17.1 Å². The predicted octanol–water partition coefficient (Wildman–Crippen LogP) is 1.85. The topological polar surface area (TPSA) is 81.9 Å². The molecule has 0 bridgehead atoms. The van der Waals surface area contributed by atoms with Gasteiger partial charge in [-0.1, -0.05) is 6.92 Å². The Morgan fingerprint density at radius 2 is 2.00 bits per heavy atom. The van der Waals surface area contributed by atoms with Gasteiger partial charge in [0.25, 0.3) is 0 Å². The van der Waals surface area contributed by atoms with E-state index in [0.29, 0.717) is 26.1 Å². The van der Waals surface area contributed by atoms with Gasteiger partial charge in [-0.25, -0.2) is 4.39 Å². The number of hydrogen-bond acceptors (Lipinski definition) is 4. The van der Waals surface area contributed by atoms with Gasteiger partial charge in [0, 0.05) is 24.3 Å². The van der Waals surface area contributed by atoms with E-state index in [0.717, 1.165) is 6.07 Å². The van der Waals surface area contributed by atoms with Crippen molar-refractivity contribution >= 4 is 11.8 Å². The van der Waals surface area contributed by atoms with E-state index in [9.17, 15) is 14.0 Å². The van der Waals surface area contributed by atoms with E-state index in [1.54, 1.807) is 4.90 Å². The summed E-state index contributed by atoms with van der Waals surface area (Å²) in [4.78, 5) is 26.2. The largest absolute Gasteiger partial charge is 0.491 e. The molecule has 2 amide bonds. The van der Waals surface area contributed by atoms with Crippen LogP contribution in [-0.2, 0) is 16.1 Å². The van der Waals surface area contributed by atoms with Crippen LogP contribution in [0.25, 0.3) is 0 Å². The van der Waals surface area contributed by atoms with Gasteiger partial charge in [0.1, 0.15) is 18.2 Å². The molecular weight excluding hydrogens is 327 g/mol. The minimum Gasteiger partial charge on any atom is -0.491 e. The van der Waals surface area contributed by atoms with Crippen LogP contribution in [0, 0.1) is 11.2 Å². The molecule has 25 heavy (non-hydrogen) atoms. The molecule has 1 saturated heterocycles. The molecule has 3 rings (SSSR count). The molecule has 0 aliphatic carbocycles. The third-order valence-electron chi connectivity index (χ3n) is 5.15. The molecule has 136 valence electrons. The van der Waals surface area contributed by atoms with Crippen LogP contribution in [0.2, 0.25) is 0 Å². The maximum Gasteiger partial charge on any atom is 0.248 e. The molecule has 2 aliphatic rings. The molecule has 2 heterocycles. The van der Waals surface area contributed by atoms with Gasteiger partial charge in [0.05, 0.1) is 18.0 Å². The summed E-state index contributed by atoms with van der Waals surface area (Å²) in [6, 6.07) is 2.33. The summed E-state index contributed by atoms with van der Waals surface area (Å²) >= 11 is 0. The number of carbonyl (C=O) groups excluding carboxylic acids is 2. The zero-order valence-electron chi connectivity index (χ0n) is 14.5. The Morgan fingerprint density at radius 1 is 1.32 bits per heavy atom. The van der Waals surface area contributed by atoms with Crippen LogP contribution < -0.4 is 10.5 Å². The number of nitrogens with two attached hydrogens (primary N) is 1. The molecule has 6 nitrogen and oxygen atoms in total. The first-order valence-electron chi connectivity index (χ1n) is 8.46. The van der Waals surface area contributed by atoms with Gasteiger partial charge in [0.2, 0.25) is 11.8 Å². The van der Waals surface area contributed by atoms with Crippen LogP contribution in [0.1, 0.15) is 42.6 Å². The molecule has 1 aromatic carbocycles. The van der Waals surface area contributed by atoms with Crippen LogP contribution in [0.15, 0.2) is 12.1 Å². The number of fused-ring (bicyclic) bond motifs is 1. The Hall–Kier alpha value is -2.15. The average Bonchev–Trinajstić information content (AvgIpc) is 2.74. The van der Waals surface area contributed by atoms with Gasteiger partial charge in [-0.3, -0.25) is 9.59 Å². The van der Waals surface area contributed by atoms with E-state index in [4.69, 9.17) is 15.2 Å². The summed E-state index contributed by atoms with van der Waals surface area (Å²) in [5, 5.41) is 0. The lowest BCUT2D eigenvalue weighted by atomic mass is 9.80. The Morgan fingerprint density at radius 3 is 2.64 bits per heavy atom. The quantitative estimate of drug-likeness (QED) is 0.882. The van der Waals surface area contributed by atoms with Gasteiger partial charge in [0.15, 0.2) is 0 Å². The van der Waals surface area contributed by atoms with E-state index in [1.807, 2.05) is 13.8 Å². The molecule has 2 N–H and O–H groups in total. The zero-order valence-corrected chi connectivity index (χ0v) is 14.5. The summed E-state index contributed by atoms with van der Waals surface area (Å²) in [5.74, 6) is -1.05. The summed E-state index contributed by atoms with van der Waals surface area (Å²) in [5.41, 5.74) is 5.05. The number of amides is 2. The molecule has 0 radical (unpaired) electrons. The summed E-state index contributed by atoms with van der Waals surface area (Å²) in [6.07, 6.45) is 1.29. The van der Waals surface area contributed by atoms with Gasteiger partial charge in [-0.05, 0) is 31.9 Å². The van der Waals surface area contributed by atoms with Crippen molar-refractivity contribution < 1.29 is 23.5 Å². The van der Waals surface area contributed by atoms with Gasteiger partial charge < -0.3 is 20.1 Å². The number of primary amides is 1. The second-order valence-electron chi connectivity index (χ2n) is 7.07. The highest BCUT2D eigenvalue weighted by atomic mass is 19.1. The van der Waals surface area contributed by atoms with Crippen LogP contribution in [0.4, 0.5) is 4.39 Å². The molecule has 0 saturated carbocycles. The number of hydrogen-bond donors (Lipinski definition) is 1. The molecule has 7 heteroatoms. The molecular formula is C18H23FN2O4. The van der Waals surface area contributed by atoms with Crippen LogP contribution >= 0.6 is 0 Å². The molecule has 0 aromatic heterocycles. The lowest BCUT2D eigenvalue weighted by molar-refractivity contribution is -0.149. The second-order valence-corrected chi connectivity index (χ2v) is 7.07. The fourth-order valence-corrected chi connectivity index (χ4v) is 3.32. The lowest BCUT2D eigenvalue weighted by Crippen LogP contribution is -2.49. The Balaban J connectivity index is 1.92. The fourth-order valence-electron chi connectivity index (χ4n) is 3.32. The number of benzene rings is 1. The summed E-state index contributed by atoms with van der Waals surface area (Å²) in [7, 11) is 0. The molecule has 2 aliphatic heterocycles. The van der Waals surface area contributed by atoms with Crippen molar-refractivity contribution in [2.45, 2.75) is 39.3 Å². The highest BCUT2D eigenvalue weighted by Gasteiger charge is 2.41. The number of nitrogens with zero attached hydrogens (tertiary/aromatic N) is 1. The van der Waals surface area contributed by atoms with Crippen molar-refractivity contribution in [3.05, 3.63) is 29.1 Å². The zero-order chi connectivity index (χ0) is 18.2. The van der Waals surface area contributed by atoms with Gasteiger partial charge >= 0.3 is 0 Å². The highest BCUT2D eigenvalue weighted by molar-refractivity contribution is 5.93. The number of ether oxygens (including phenoxy) is 2. The minimum atomic E-state index is -0.717. The van der Waals surface area contributed by atoms with E-state index in [1.165, 1.54) is 6.07 Å². The van der Waals surface area contributed by atoms with Crippen LogP contribution in [0.5, 0.6) is 5.75 Å². The van der Waals surface area contributed by atoms with Crippen molar-refractivity contribution in [1.29, 1.82) is 0 Å². The third-order valence-corrected chi connectivity index (χ3v) is 5.15. The predicted molar refractivity (Wildman–Crippen MR) is 88.6 cm³/mol. The second kappa shape index (κ2) is 6.63. The SMILES string of the molecule is C[C@H]1COc2cc(C(N)=O)cc(F)c2CN1C(=O)C1(C)CCOCC1. The first-order valence-corrected chi connectivity index (χ1v) is 8.46. The third kappa shape index (κ3) is 3.33. The van der Waals surface area contributed by atoms with Crippen LogP contribution in [0.3, 0.4) is 0 Å². The number of rotatable bonds is 2. The summed E-state index contributed by atoms with van der Waals surface area (Å²) in [6.45, 7) is 5.24. The smallest absolute Gasteiger partial charge is 0.248 e. The average molecular weight is 350 g/mol. The van der Waals surface area contributed by atoms with Crippen molar-refractivity contribution in [1.82, 2.24) is 4.90 Å². The first-order chi connectivity index (χ1) is 11.8. The maximum atomic E-state index is 14.5. The highest BCUT2D eigenvalue weighted by Crippen LogP contribution is 2.36. The first kappa shape index (κ1) is 17.7. The van der Waals surface area contributed by atoms with E-state index in [-0.39, 0.29) is 42.0 Å². The molecule has 1 aromatic rings. The Labute approximate surface area is 146 Å². The van der Waals surface area contributed by atoms with Crippen molar-refractivity contribution in [2.75, 3.05) is 19.8 Å². The Bertz CT molecular complexity index is 701. The number of carbonyl (C=O) groups is 2. The number of halogens is 1. The lowest BCUT2D eigenvalue weighted by Gasteiger charge is -2.38. The maximum absolute atomic E-state index is 14.5. The molecule has 1 fully saturated rings. The van der Waals surface area contributed by atoms with Gasteiger partial charge in [-0.15, -0.1) is 0 Å². The fraction of sp³-hybridized carbons (Fsp3) is 0.556. The van der Waals surface area contributed by atoms with Gasteiger partial charge in [-0.2, -0.15) is 0 Å². The standard InChI is InChI=1S/C18H23FN2O4/c1-11-10-25-15-8-12(16(20)22)7-14(19)13(15)9-21(11)17(23)18(2)3-5-24-6-4-18/h7-8,11H,3-6,9-10H2,1-2H3,(H2,20,22)/t11-/m0/s1. The molecule has 1 atom stereocenters. The normalized spacial score (nSPS) is 22.5. The van der Waals surface area contributed by atoms with E-state index >= 15 is 0 Å². The molecule has 0 spiro atoms. The monoisotopic (exact) mass is 350 g/mol. The minimum absolute atomic E-state index is 0.0156. The Kier molecular flexibility index (Phi) is 4.69. The van der Waals surface area contributed by atoms with Crippen molar-refractivity contribution in [3.63, 3.8) is 0 Å².